The highest BCUT2D eigenvalue weighted by atomic mass is 32.1. The Hall–Kier alpha value is -3.65. The number of esters is 1. The lowest BCUT2D eigenvalue weighted by Gasteiger charge is -2.24. The third-order valence-corrected chi connectivity index (χ3v) is 7.16. The summed E-state index contributed by atoms with van der Waals surface area (Å²) in [6.07, 6.45) is 1.87. The van der Waals surface area contributed by atoms with Crippen molar-refractivity contribution in [2.75, 3.05) is 32.2 Å². The van der Waals surface area contributed by atoms with E-state index < -0.39 is 12.0 Å². The fourth-order valence-electron chi connectivity index (χ4n) is 4.32. The van der Waals surface area contributed by atoms with Crippen LogP contribution in [0.25, 0.3) is 6.08 Å². The third-order valence-electron chi connectivity index (χ3n) is 6.18. The molecule has 8 heteroatoms. The van der Waals surface area contributed by atoms with Gasteiger partial charge in [0.1, 0.15) is 5.75 Å². The topological polar surface area (TPSA) is 73.1 Å². The number of anilines is 1. The fraction of sp³-hybridized carbons (Fsp3) is 0.296. The molecule has 1 aliphatic rings. The zero-order valence-electron chi connectivity index (χ0n) is 20.6. The first-order chi connectivity index (χ1) is 16.9. The van der Waals surface area contributed by atoms with Crippen molar-refractivity contribution < 1.29 is 14.3 Å². The Balaban J connectivity index is 1.85. The second kappa shape index (κ2) is 10.3. The molecule has 0 saturated heterocycles. The van der Waals surface area contributed by atoms with Gasteiger partial charge in [0.05, 0.1) is 36.1 Å². The predicted octanol–water partition coefficient (Wildman–Crippen LogP) is 3.26. The Kier molecular flexibility index (Phi) is 7.21. The molecule has 0 N–H and O–H groups in total. The van der Waals surface area contributed by atoms with E-state index in [-0.39, 0.29) is 5.56 Å². The van der Waals surface area contributed by atoms with Gasteiger partial charge in [-0.2, -0.15) is 0 Å². The number of thiazole rings is 1. The Labute approximate surface area is 208 Å². The first kappa shape index (κ1) is 24.5. The number of aromatic nitrogens is 1. The first-order valence-corrected chi connectivity index (χ1v) is 12.3. The normalized spacial score (nSPS) is 15.5. The molecule has 1 unspecified atom stereocenters. The van der Waals surface area contributed by atoms with E-state index >= 15 is 0 Å². The zero-order valence-corrected chi connectivity index (χ0v) is 21.4. The Bertz CT molecular complexity index is 1430. The van der Waals surface area contributed by atoms with Gasteiger partial charge in [-0.25, -0.2) is 9.79 Å². The minimum Gasteiger partial charge on any atom is -0.497 e. The molecule has 4 rings (SSSR count). The van der Waals surface area contributed by atoms with Crippen LogP contribution in [0, 0.1) is 0 Å². The van der Waals surface area contributed by atoms with Crippen molar-refractivity contribution in [1.82, 2.24) is 4.57 Å². The van der Waals surface area contributed by atoms with Gasteiger partial charge >= 0.3 is 5.97 Å². The van der Waals surface area contributed by atoms with Crippen molar-refractivity contribution >= 4 is 29.1 Å². The van der Waals surface area contributed by atoms with Crippen LogP contribution < -0.4 is 24.5 Å². The Morgan fingerprint density at radius 1 is 1.09 bits per heavy atom. The van der Waals surface area contributed by atoms with Crippen LogP contribution in [0.4, 0.5) is 5.69 Å². The largest absolute Gasteiger partial charge is 0.497 e. The average Bonchev–Trinajstić information content (AvgIpc) is 3.18. The summed E-state index contributed by atoms with van der Waals surface area (Å²) in [5, 5.41) is 0. The number of rotatable bonds is 7. The number of carbonyl (C=O) groups is 1. The van der Waals surface area contributed by atoms with Gasteiger partial charge in [-0.15, -0.1) is 0 Å². The number of allylic oxidation sites excluding steroid dienone is 1. The molecule has 1 atom stereocenters. The summed E-state index contributed by atoms with van der Waals surface area (Å²) in [6, 6.07) is 14.8. The van der Waals surface area contributed by atoms with Gasteiger partial charge < -0.3 is 14.4 Å². The van der Waals surface area contributed by atoms with Gasteiger partial charge in [0.25, 0.3) is 5.56 Å². The SMILES string of the molecule is CCN(CC)c1ccc(C=c2sc3n(c2=O)C(c2ccc(OC)cc2)C(C(=O)OC)=C(C)N=3)cc1. The van der Waals surface area contributed by atoms with Crippen LogP contribution in [0.5, 0.6) is 5.75 Å². The molecule has 2 aromatic carbocycles. The smallest absolute Gasteiger partial charge is 0.338 e. The van der Waals surface area contributed by atoms with E-state index in [1.54, 1.807) is 18.6 Å². The molecule has 0 radical (unpaired) electrons. The molecule has 35 heavy (non-hydrogen) atoms. The summed E-state index contributed by atoms with van der Waals surface area (Å²) >= 11 is 1.31. The van der Waals surface area contributed by atoms with Crippen molar-refractivity contribution in [2.45, 2.75) is 26.8 Å². The fourth-order valence-corrected chi connectivity index (χ4v) is 5.36. The van der Waals surface area contributed by atoms with E-state index in [1.165, 1.54) is 18.4 Å². The molecule has 7 nitrogen and oxygen atoms in total. The maximum absolute atomic E-state index is 13.6. The van der Waals surface area contributed by atoms with Gasteiger partial charge in [-0.3, -0.25) is 9.36 Å². The van der Waals surface area contributed by atoms with Crippen LogP contribution in [0.15, 0.2) is 69.6 Å². The molecule has 2 heterocycles. The second-order valence-electron chi connectivity index (χ2n) is 8.11. The van der Waals surface area contributed by atoms with Crippen molar-refractivity contribution in [2.24, 2.45) is 4.99 Å². The van der Waals surface area contributed by atoms with Crippen LogP contribution in [-0.4, -0.2) is 37.8 Å². The molecule has 0 amide bonds. The predicted molar refractivity (Wildman–Crippen MR) is 139 cm³/mol. The maximum atomic E-state index is 13.6. The molecule has 0 spiro atoms. The minimum atomic E-state index is -0.642. The molecular formula is C27H29N3O4S. The van der Waals surface area contributed by atoms with E-state index in [0.29, 0.717) is 26.4 Å². The lowest BCUT2D eigenvalue weighted by Crippen LogP contribution is -2.39. The maximum Gasteiger partial charge on any atom is 0.338 e. The summed E-state index contributed by atoms with van der Waals surface area (Å²) in [5.41, 5.74) is 3.53. The van der Waals surface area contributed by atoms with Crippen molar-refractivity contribution in [3.63, 3.8) is 0 Å². The van der Waals surface area contributed by atoms with Crippen LogP contribution in [0.1, 0.15) is 37.9 Å². The summed E-state index contributed by atoms with van der Waals surface area (Å²) < 4.78 is 12.5. The number of fused-ring (bicyclic) bond motifs is 1. The number of methoxy groups -OCH3 is 2. The number of benzene rings is 2. The van der Waals surface area contributed by atoms with Crippen molar-refractivity contribution in [3.8, 4) is 5.75 Å². The van der Waals surface area contributed by atoms with E-state index in [9.17, 15) is 9.59 Å². The van der Waals surface area contributed by atoms with Gasteiger partial charge in [0, 0.05) is 18.8 Å². The summed E-state index contributed by atoms with van der Waals surface area (Å²) in [6.45, 7) is 7.89. The minimum absolute atomic E-state index is 0.198. The third kappa shape index (κ3) is 4.66. The van der Waals surface area contributed by atoms with E-state index in [2.05, 4.69) is 35.9 Å². The monoisotopic (exact) mass is 491 g/mol. The van der Waals surface area contributed by atoms with E-state index in [1.807, 2.05) is 42.5 Å². The quantitative estimate of drug-likeness (QED) is 0.475. The Morgan fingerprint density at radius 3 is 2.31 bits per heavy atom. The van der Waals surface area contributed by atoms with Gasteiger partial charge in [-0.1, -0.05) is 35.6 Å². The zero-order chi connectivity index (χ0) is 25.1. The van der Waals surface area contributed by atoms with Crippen LogP contribution >= 0.6 is 11.3 Å². The molecule has 182 valence electrons. The highest BCUT2D eigenvalue weighted by molar-refractivity contribution is 7.07. The standard InChI is InChI=1S/C27H29N3O4S/c1-6-29(7-2)20-12-8-18(9-13-20)16-22-25(31)30-24(19-10-14-21(33-4)15-11-19)23(26(32)34-5)17(3)28-27(30)35-22/h8-16,24H,6-7H2,1-5H3. The average molecular weight is 492 g/mol. The van der Waals surface area contributed by atoms with E-state index in [4.69, 9.17) is 9.47 Å². The van der Waals surface area contributed by atoms with Crippen LogP contribution in [-0.2, 0) is 9.53 Å². The molecular weight excluding hydrogens is 462 g/mol. The highest BCUT2D eigenvalue weighted by Crippen LogP contribution is 2.31. The van der Waals surface area contributed by atoms with Crippen LogP contribution in [0.3, 0.4) is 0 Å². The number of ether oxygens (including phenoxy) is 2. The molecule has 0 aliphatic carbocycles. The number of carbonyl (C=O) groups excluding carboxylic acids is 1. The van der Waals surface area contributed by atoms with Gasteiger partial charge in [0.15, 0.2) is 4.80 Å². The number of nitrogens with zero attached hydrogens (tertiary/aromatic N) is 3. The number of hydrogen-bond acceptors (Lipinski definition) is 7. The summed E-state index contributed by atoms with van der Waals surface area (Å²) in [5.74, 6) is 0.183. The molecule has 1 aliphatic heterocycles. The van der Waals surface area contributed by atoms with Gasteiger partial charge in [0.2, 0.25) is 0 Å². The molecule has 0 bridgehead atoms. The number of hydrogen-bond donors (Lipinski definition) is 0. The van der Waals surface area contributed by atoms with Gasteiger partial charge in [-0.05, 0) is 62.2 Å². The Morgan fingerprint density at radius 2 is 1.74 bits per heavy atom. The molecule has 1 aromatic heterocycles. The summed E-state index contributed by atoms with van der Waals surface area (Å²) in [4.78, 5) is 33.8. The van der Waals surface area contributed by atoms with Crippen molar-refractivity contribution in [1.29, 1.82) is 0 Å². The lowest BCUT2D eigenvalue weighted by atomic mass is 9.96. The van der Waals surface area contributed by atoms with Crippen molar-refractivity contribution in [3.05, 3.63) is 90.6 Å². The first-order valence-electron chi connectivity index (χ1n) is 11.5. The second-order valence-corrected chi connectivity index (χ2v) is 9.12. The highest BCUT2D eigenvalue weighted by Gasteiger charge is 2.33. The molecule has 0 fully saturated rings. The van der Waals surface area contributed by atoms with E-state index in [0.717, 1.165) is 29.9 Å². The molecule has 3 aromatic rings. The lowest BCUT2D eigenvalue weighted by molar-refractivity contribution is -0.136. The summed E-state index contributed by atoms with van der Waals surface area (Å²) in [7, 11) is 2.93. The van der Waals surface area contributed by atoms with Crippen LogP contribution in [0.2, 0.25) is 0 Å². The molecule has 0 saturated carbocycles.